The van der Waals surface area contributed by atoms with Gasteiger partial charge in [-0.2, -0.15) is 0 Å². The van der Waals surface area contributed by atoms with Crippen molar-refractivity contribution in [2.45, 2.75) is 26.4 Å². The minimum Gasteiger partial charge on any atom is -0.355 e. The molecule has 2 heterocycles. The summed E-state index contributed by atoms with van der Waals surface area (Å²) in [5, 5.41) is 2.87. The Kier molecular flexibility index (Phi) is 7.29. The lowest BCUT2D eigenvalue weighted by atomic mass is 10.1. The van der Waals surface area contributed by atoms with Gasteiger partial charge in [-0.25, -0.2) is 4.98 Å². The number of hydrogen-bond donors (Lipinski definition) is 1. The number of carbonyl (C=O) groups is 2. The molecule has 3 aromatic rings. The molecule has 168 valence electrons. The molecule has 1 aliphatic rings. The summed E-state index contributed by atoms with van der Waals surface area (Å²) < 4.78 is 2.19. The number of imidazole rings is 1. The fraction of sp³-hybridized carbons (Fsp3) is 0.400. The smallest absolute Gasteiger partial charge is 0.234 e. The first-order valence-corrected chi connectivity index (χ1v) is 11.4. The highest BCUT2D eigenvalue weighted by Gasteiger charge is 2.21. The van der Waals surface area contributed by atoms with Gasteiger partial charge in [-0.1, -0.05) is 42.5 Å². The first-order valence-electron chi connectivity index (χ1n) is 11.4. The second kappa shape index (κ2) is 10.5. The molecule has 1 aromatic heterocycles. The lowest BCUT2D eigenvalue weighted by Crippen LogP contribution is -2.49. The van der Waals surface area contributed by atoms with E-state index in [-0.39, 0.29) is 11.7 Å². The average molecular weight is 434 g/mol. The SMILES string of the molecule is CCNC(=O)CN1CCN(Cc2nc3ccccc3n2CCC(=O)c2ccccc2)CC1. The Morgan fingerprint density at radius 2 is 1.62 bits per heavy atom. The molecule has 32 heavy (non-hydrogen) atoms. The van der Waals surface area contributed by atoms with E-state index in [9.17, 15) is 9.59 Å². The standard InChI is InChI=1S/C25H31N5O2/c1-2-26-25(32)19-29-16-14-28(15-17-29)18-24-27-21-10-6-7-11-22(21)30(24)13-12-23(31)20-8-4-3-5-9-20/h3-11H,2,12-19H2,1H3,(H,26,32). The lowest BCUT2D eigenvalue weighted by molar-refractivity contribution is -0.122. The summed E-state index contributed by atoms with van der Waals surface area (Å²) >= 11 is 0. The molecule has 0 atom stereocenters. The van der Waals surface area contributed by atoms with Gasteiger partial charge in [0.15, 0.2) is 5.78 Å². The number of rotatable bonds is 9. The van der Waals surface area contributed by atoms with Gasteiger partial charge in [-0.15, -0.1) is 0 Å². The molecule has 1 saturated heterocycles. The van der Waals surface area contributed by atoms with E-state index < -0.39 is 0 Å². The Labute approximate surface area is 189 Å². The number of hydrogen-bond acceptors (Lipinski definition) is 5. The van der Waals surface area contributed by atoms with Crippen LogP contribution in [0.4, 0.5) is 0 Å². The number of nitrogens with one attached hydrogen (secondary N) is 1. The number of aromatic nitrogens is 2. The van der Waals surface area contributed by atoms with Gasteiger partial charge < -0.3 is 9.88 Å². The number of ketones is 1. The molecule has 0 radical (unpaired) electrons. The maximum atomic E-state index is 12.7. The van der Waals surface area contributed by atoms with Crippen LogP contribution in [0.2, 0.25) is 0 Å². The van der Waals surface area contributed by atoms with Crippen molar-refractivity contribution in [2.24, 2.45) is 0 Å². The molecule has 0 unspecified atom stereocenters. The number of carbonyl (C=O) groups excluding carboxylic acids is 2. The summed E-state index contributed by atoms with van der Waals surface area (Å²) in [6.45, 7) is 7.94. The van der Waals surface area contributed by atoms with Gasteiger partial charge in [0.1, 0.15) is 5.82 Å². The van der Waals surface area contributed by atoms with Crippen molar-refractivity contribution in [1.29, 1.82) is 0 Å². The summed E-state index contributed by atoms with van der Waals surface area (Å²) in [6.07, 6.45) is 0.442. The van der Waals surface area contributed by atoms with E-state index in [1.54, 1.807) is 0 Å². The molecular formula is C25H31N5O2. The third-order valence-corrected chi connectivity index (χ3v) is 5.96. The Bertz CT molecular complexity index is 1050. The number of para-hydroxylation sites is 2. The topological polar surface area (TPSA) is 70.5 Å². The molecule has 1 N–H and O–H groups in total. The van der Waals surface area contributed by atoms with Crippen LogP contribution in [0.3, 0.4) is 0 Å². The summed E-state index contributed by atoms with van der Waals surface area (Å²) in [5.74, 6) is 1.23. The van der Waals surface area contributed by atoms with Crippen molar-refractivity contribution in [3.63, 3.8) is 0 Å². The highest BCUT2D eigenvalue weighted by molar-refractivity contribution is 5.96. The zero-order valence-corrected chi connectivity index (χ0v) is 18.7. The van der Waals surface area contributed by atoms with Gasteiger partial charge in [0.2, 0.25) is 5.91 Å². The summed E-state index contributed by atoms with van der Waals surface area (Å²) in [5.41, 5.74) is 2.78. The zero-order valence-electron chi connectivity index (χ0n) is 18.7. The van der Waals surface area contributed by atoms with Crippen molar-refractivity contribution in [3.05, 3.63) is 66.0 Å². The molecule has 7 nitrogen and oxygen atoms in total. The minimum atomic E-state index is 0.0887. The van der Waals surface area contributed by atoms with Crippen LogP contribution in [0.25, 0.3) is 11.0 Å². The van der Waals surface area contributed by atoms with Crippen molar-refractivity contribution in [2.75, 3.05) is 39.3 Å². The van der Waals surface area contributed by atoms with Gasteiger partial charge in [-0.05, 0) is 19.1 Å². The maximum absolute atomic E-state index is 12.7. The molecule has 2 aromatic carbocycles. The lowest BCUT2D eigenvalue weighted by Gasteiger charge is -2.34. The van der Waals surface area contributed by atoms with Crippen molar-refractivity contribution < 1.29 is 9.59 Å². The monoisotopic (exact) mass is 433 g/mol. The number of Topliss-reactive ketones (excluding diaryl/α,β-unsaturated/α-hetero) is 1. The van der Waals surface area contributed by atoms with Gasteiger partial charge in [0, 0.05) is 51.3 Å². The Balaban J connectivity index is 1.42. The predicted octanol–water partition coefficient (Wildman–Crippen LogP) is 2.56. The second-order valence-corrected chi connectivity index (χ2v) is 8.21. The molecule has 1 aliphatic heterocycles. The van der Waals surface area contributed by atoms with Gasteiger partial charge in [0.05, 0.1) is 24.1 Å². The Morgan fingerprint density at radius 3 is 2.38 bits per heavy atom. The maximum Gasteiger partial charge on any atom is 0.234 e. The summed E-state index contributed by atoms with van der Waals surface area (Å²) in [6, 6.07) is 17.6. The normalized spacial score (nSPS) is 15.2. The van der Waals surface area contributed by atoms with E-state index in [0.29, 0.717) is 26.1 Å². The van der Waals surface area contributed by atoms with Gasteiger partial charge in [-0.3, -0.25) is 19.4 Å². The molecule has 0 spiro atoms. The number of likely N-dealkylation sites (N-methyl/N-ethyl adjacent to an activating group) is 1. The van der Waals surface area contributed by atoms with E-state index in [1.165, 1.54) is 0 Å². The molecule has 4 rings (SSSR count). The van der Waals surface area contributed by atoms with Crippen LogP contribution < -0.4 is 5.32 Å². The van der Waals surface area contributed by atoms with Crippen LogP contribution in [0.5, 0.6) is 0 Å². The molecule has 0 aliphatic carbocycles. The van der Waals surface area contributed by atoms with Crippen LogP contribution in [-0.4, -0.2) is 70.3 Å². The number of fused-ring (bicyclic) bond motifs is 1. The van der Waals surface area contributed by atoms with Crippen LogP contribution in [0.1, 0.15) is 29.5 Å². The van der Waals surface area contributed by atoms with Crippen LogP contribution in [0, 0.1) is 0 Å². The zero-order chi connectivity index (χ0) is 22.3. The first kappa shape index (κ1) is 22.2. The largest absolute Gasteiger partial charge is 0.355 e. The first-order chi connectivity index (χ1) is 15.6. The fourth-order valence-corrected chi connectivity index (χ4v) is 4.24. The number of benzene rings is 2. The highest BCUT2D eigenvalue weighted by Crippen LogP contribution is 2.19. The number of nitrogens with zero attached hydrogens (tertiary/aromatic N) is 4. The predicted molar refractivity (Wildman–Crippen MR) is 126 cm³/mol. The number of piperazine rings is 1. The number of amides is 1. The molecule has 1 amide bonds. The van der Waals surface area contributed by atoms with Crippen LogP contribution in [0.15, 0.2) is 54.6 Å². The fourth-order valence-electron chi connectivity index (χ4n) is 4.24. The van der Waals surface area contributed by atoms with E-state index in [4.69, 9.17) is 4.98 Å². The van der Waals surface area contributed by atoms with E-state index in [2.05, 4.69) is 25.8 Å². The van der Waals surface area contributed by atoms with Crippen molar-refractivity contribution in [1.82, 2.24) is 24.7 Å². The Morgan fingerprint density at radius 1 is 0.938 bits per heavy atom. The van der Waals surface area contributed by atoms with Crippen LogP contribution >= 0.6 is 0 Å². The van der Waals surface area contributed by atoms with Crippen LogP contribution in [-0.2, 0) is 17.9 Å². The van der Waals surface area contributed by atoms with Gasteiger partial charge in [0.25, 0.3) is 0 Å². The Hall–Kier alpha value is -3.03. The van der Waals surface area contributed by atoms with E-state index in [0.717, 1.165) is 55.1 Å². The highest BCUT2D eigenvalue weighted by atomic mass is 16.2. The third kappa shape index (κ3) is 5.41. The molecule has 7 heteroatoms. The van der Waals surface area contributed by atoms with E-state index in [1.807, 2.05) is 55.5 Å². The molecule has 0 saturated carbocycles. The number of aryl methyl sites for hydroxylation is 1. The third-order valence-electron chi connectivity index (χ3n) is 5.96. The van der Waals surface area contributed by atoms with Gasteiger partial charge >= 0.3 is 0 Å². The summed E-state index contributed by atoms with van der Waals surface area (Å²) in [4.78, 5) is 34.0. The molecule has 1 fully saturated rings. The quantitative estimate of drug-likeness (QED) is 0.525. The molecule has 0 bridgehead atoms. The summed E-state index contributed by atoms with van der Waals surface area (Å²) in [7, 11) is 0. The second-order valence-electron chi connectivity index (χ2n) is 8.21. The van der Waals surface area contributed by atoms with Crippen molar-refractivity contribution >= 4 is 22.7 Å². The average Bonchev–Trinajstić information content (AvgIpc) is 3.16. The molecular weight excluding hydrogens is 402 g/mol. The minimum absolute atomic E-state index is 0.0887. The van der Waals surface area contributed by atoms with E-state index >= 15 is 0 Å². The van der Waals surface area contributed by atoms with Crippen molar-refractivity contribution in [3.8, 4) is 0 Å².